The van der Waals surface area contributed by atoms with Gasteiger partial charge in [-0.25, -0.2) is 4.39 Å². The van der Waals surface area contributed by atoms with E-state index in [1.54, 1.807) is 18.3 Å². The summed E-state index contributed by atoms with van der Waals surface area (Å²) in [5.74, 6) is -0.321. The van der Waals surface area contributed by atoms with Crippen molar-refractivity contribution < 1.29 is 9.18 Å². The second kappa shape index (κ2) is 7.70. The third-order valence-electron chi connectivity index (χ3n) is 5.91. The van der Waals surface area contributed by atoms with E-state index < -0.39 is 0 Å². The average Bonchev–Trinajstić information content (AvgIpc) is 2.69. The molecule has 1 amide bonds. The van der Waals surface area contributed by atoms with Gasteiger partial charge in [0.2, 0.25) is 0 Å². The van der Waals surface area contributed by atoms with Crippen molar-refractivity contribution in [3.05, 3.63) is 77.2 Å². The average molecular weight is 376 g/mol. The van der Waals surface area contributed by atoms with E-state index in [1.165, 1.54) is 12.5 Å². The summed E-state index contributed by atoms with van der Waals surface area (Å²) in [4.78, 5) is 17.7. The minimum Gasteiger partial charge on any atom is -0.346 e. The van der Waals surface area contributed by atoms with Crippen LogP contribution in [0.4, 0.5) is 4.39 Å². The first-order valence-corrected chi connectivity index (χ1v) is 9.98. The van der Waals surface area contributed by atoms with Crippen LogP contribution < -0.4 is 5.32 Å². The van der Waals surface area contributed by atoms with Crippen molar-refractivity contribution in [2.75, 3.05) is 0 Å². The van der Waals surface area contributed by atoms with Crippen molar-refractivity contribution in [2.24, 2.45) is 0 Å². The number of amides is 1. The summed E-state index contributed by atoms with van der Waals surface area (Å²) < 4.78 is 13.7. The van der Waals surface area contributed by atoms with Crippen LogP contribution in [0.25, 0.3) is 10.9 Å². The highest BCUT2D eigenvalue weighted by Gasteiger charge is 2.34. The molecule has 0 unspecified atom stereocenters. The van der Waals surface area contributed by atoms with Gasteiger partial charge >= 0.3 is 0 Å². The molecule has 0 spiro atoms. The molecule has 1 aliphatic rings. The van der Waals surface area contributed by atoms with Crippen molar-refractivity contribution in [3.8, 4) is 0 Å². The van der Waals surface area contributed by atoms with Crippen LogP contribution in [0.5, 0.6) is 0 Å². The molecule has 1 aliphatic carbocycles. The van der Waals surface area contributed by atoms with Crippen LogP contribution in [-0.2, 0) is 6.42 Å². The molecule has 1 fully saturated rings. The zero-order valence-corrected chi connectivity index (χ0v) is 16.2. The normalized spacial score (nSPS) is 16.1. The Kier molecular flexibility index (Phi) is 5.12. The van der Waals surface area contributed by atoms with Crippen molar-refractivity contribution in [2.45, 2.75) is 51.0 Å². The molecule has 28 heavy (non-hydrogen) atoms. The van der Waals surface area contributed by atoms with Gasteiger partial charge in [-0.15, -0.1) is 0 Å². The van der Waals surface area contributed by atoms with Crippen LogP contribution in [0.2, 0.25) is 0 Å². The summed E-state index contributed by atoms with van der Waals surface area (Å²) in [5, 5.41) is 4.32. The Bertz CT molecular complexity index is 1010. The van der Waals surface area contributed by atoms with Gasteiger partial charge in [0.05, 0.1) is 11.1 Å². The van der Waals surface area contributed by atoms with Crippen LogP contribution in [0.3, 0.4) is 0 Å². The predicted octanol–water partition coefficient (Wildman–Crippen LogP) is 5.36. The standard InChI is InChI=1S/C24H25FN2O/c1-17-20-10-3-4-11-22(20)26-16-21(17)23(28)27-24(12-5-2-6-13-24)15-18-8-7-9-19(25)14-18/h3-4,7-11,14,16H,2,5-6,12-13,15H2,1H3,(H,27,28). The minimum atomic E-state index is -0.332. The second-order valence-corrected chi connectivity index (χ2v) is 7.92. The molecule has 0 saturated heterocycles. The smallest absolute Gasteiger partial charge is 0.253 e. The number of carbonyl (C=O) groups excluding carboxylic acids is 1. The van der Waals surface area contributed by atoms with Crippen LogP contribution in [0, 0.1) is 12.7 Å². The second-order valence-electron chi connectivity index (χ2n) is 7.92. The largest absolute Gasteiger partial charge is 0.346 e. The van der Waals surface area contributed by atoms with Crippen LogP contribution >= 0.6 is 0 Å². The van der Waals surface area contributed by atoms with Crippen LogP contribution in [0.15, 0.2) is 54.7 Å². The number of aryl methyl sites for hydroxylation is 1. The van der Waals surface area contributed by atoms with Gasteiger partial charge in [-0.2, -0.15) is 0 Å². The van der Waals surface area contributed by atoms with Gasteiger partial charge in [0, 0.05) is 17.1 Å². The maximum absolute atomic E-state index is 13.7. The fourth-order valence-electron chi connectivity index (χ4n) is 4.43. The first-order chi connectivity index (χ1) is 13.6. The van der Waals surface area contributed by atoms with E-state index in [-0.39, 0.29) is 17.3 Å². The molecule has 1 N–H and O–H groups in total. The van der Waals surface area contributed by atoms with E-state index in [0.717, 1.165) is 47.7 Å². The SMILES string of the molecule is Cc1c(C(=O)NC2(Cc3cccc(F)c3)CCCCC2)cnc2ccccc12. The molecule has 2 aromatic carbocycles. The molecule has 1 heterocycles. The van der Waals surface area contributed by atoms with Crippen molar-refractivity contribution in [3.63, 3.8) is 0 Å². The third kappa shape index (κ3) is 3.77. The number of fused-ring (bicyclic) bond motifs is 1. The number of hydrogen-bond donors (Lipinski definition) is 1. The van der Waals surface area contributed by atoms with Crippen LogP contribution in [-0.4, -0.2) is 16.4 Å². The lowest BCUT2D eigenvalue weighted by molar-refractivity contribution is 0.0867. The molecule has 144 valence electrons. The lowest BCUT2D eigenvalue weighted by Gasteiger charge is -2.38. The van der Waals surface area contributed by atoms with Gasteiger partial charge < -0.3 is 5.32 Å². The van der Waals surface area contributed by atoms with Crippen molar-refractivity contribution >= 4 is 16.8 Å². The Labute approximate surface area is 165 Å². The van der Waals surface area contributed by atoms with Crippen molar-refractivity contribution in [1.82, 2.24) is 10.3 Å². The lowest BCUT2D eigenvalue weighted by atomic mass is 9.77. The maximum Gasteiger partial charge on any atom is 0.253 e. The van der Waals surface area contributed by atoms with E-state index in [0.29, 0.717) is 12.0 Å². The quantitative estimate of drug-likeness (QED) is 0.666. The zero-order valence-electron chi connectivity index (χ0n) is 16.2. The molecule has 0 atom stereocenters. The molecule has 1 aromatic heterocycles. The van der Waals surface area contributed by atoms with E-state index in [2.05, 4.69) is 10.3 Å². The van der Waals surface area contributed by atoms with Gasteiger partial charge in [0.25, 0.3) is 5.91 Å². The Morgan fingerprint density at radius 2 is 1.89 bits per heavy atom. The summed E-state index contributed by atoms with van der Waals surface area (Å²) in [6, 6.07) is 14.6. The molecule has 3 aromatic rings. The fraction of sp³-hybridized carbons (Fsp3) is 0.333. The monoisotopic (exact) mass is 376 g/mol. The number of nitrogens with one attached hydrogen (secondary N) is 1. The van der Waals surface area contributed by atoms with E-state index >= 15 is 0 Å². The zero-order chi connectivity index (χ0) is 19.6. The Morgan fingerprint density at radius 1 is 1.11 bits per heavy atom. The number of aromatic nitrogens is 1. The van der Waals surface area contributed by atoms with Crippen molar-refractivity contribution in [1.29, 1.82) is 0 Å². The van der Waals surface area contributed by atoms with Gasteiger partial charge in [0.1, 0.15) is 5.82 Å². The molecular formula is C24H25FN2O. The van der Waals surface area contributed by atoms with E-state index in [1.807, 2.05) is 37.3 Å². The number of nitrogens with zero attached hydrogens (tertiary/aromatic N) is 1. The summed E-state index contributed by atoms with van der Waals surface area (Å²) in [6.45, 7) is 1.97. The summed E-state index contributed by atoms with van der Waals surface area (Å²) in [6.07, 6.45) is 7.47. The number of halogens is 1. The molecule has 3 nitrogen and oxygen atoms in total. The maximum atomic E-state index is 13.7. The predicted molar refractivity (Wildman–Crippen MR) is 110 cm³/mol. The number of benzene rings is 2. The van der Waals surface area contributed by atoms with Crippen LogP contribution in [0.1, 0.15) is 53.6 Å². The number of hydrogen-bond acceptors (Lipinski definition) is 2. The first-order valence-electron chi connectivity index (χ1n) is 9.98. The molecule has 0 bridgehead atoms. The lowest BCUT2D eigenvalue weighted by Crippen LogP contribution is -2.51. The Morgan fingerprint density at radius 3 is 2.68 bits per heavy atom. The highest BCUT2D eigenvalue weighted by atomic mass is 19.1. The number of pyridine rings is 1. The number of rotatable bonds is 4. The van der Waals surface area contributed by atoms with E-state index in [4.69, 9.17) is 0 Å². The first kappa shape index (κ1) is 18.6. The van der Waals surface area contributed by atoms with E-state index in [9.17, 15) is 9.18 Å². The summed E-state index contributed by atoms with van der Waals surface area (Å²) >= 11 is 0. The summed E-state index contributed by atoms with van der Waals surface area (Å²) in [7, 11) is 0. The summed E-state index contributed by atoms with van der Waals surface area (Å²) in [5.41, 5.74) is 3.04. The molecule has 0 radical (unpaired) electrons. The molecular weight excluding hydrogens is 351 g/mol. The van der Waals surface area contributed by atoms with Gasteiger partial charge in [-0.3, -0.25) is 9.78 Å². The molecule has 4 rings (SSSR count). The van der Waals surface area contributed by atoms with Gasteiger partial charge in [-0.1, -0.05) is 49.6 Å². The highest BCUT2D eigenvalue weighted by molar-refractivity contribution is 6.00. The van der Waals surface area contributed by atoms with Gasteiger partial charge in [-0.05, 0) is 55.5 Å². The number of para-hydroxylation sites is 1. The fourth-order valence-corrected chi connectivity index (χ4v) is 4.43. The molecule has 1 saturated carbocycles. The Balaban J connectivity index is 1.63. The molecule has 0 aliphatic heterocycles. The third-order valence-corrected chi connectivity index (χ3v) is 5.91. The Hall–Kier alpha value is -2.75. The highest BCUT2D eigenvalue weighted by Crippen LogP contribution is 2.32. The topological polar surface area (TPSA) is 42.0 Å². The number of carbonyl (C=O) groups is 1. The minimum absolute atomic E-state index is 0.0888. The molecule has 4 heteroatoms. The van der Waals surface area contributed by atoms with Gasteiger partial charge in [0.15, 0.2) is 0 Å².